The normalized spacial score (nSPS) is 14.0. The highest BCUT2D eigenvalue weighted by atomic mass is 16.2. The fourth-order valence-electron chi connectivity index (χ4n) is 3.24. The van der Waals surface area contributed by atoms with Crippen LogP contribution in [0.5, 0.6) is 0 Å². The Morgan fingerprint density at radius 2 is 1.96 bits per heavy atom. The lowest BCUT2D eigenvalue weighted by Gasteiger charge is -2.27. The second kappa shape index (κ2) is 5.54. The number of carbonyl (C=O) groups excluding carboxylic acids is 1. The fourth-order valence-corrected chi connectivity index (χ4v) is 3.24. The summed E-state index contributed by atoms with van der Waals surface area (Å²) in [5, 5.41) is 2.39. The van der Waals surface area contributed by atoms with Gasteiger partial charge in [0.25, 0.3) is 0 Å². The number of fused-ring (bicyclic) bond motifs is 2. The molecule has 0 spiro atoms. The highest BCUT2D eigenvalue weighted by Crippen LogP contribution is 2.18. The Bertz CT molecular complexity index is 881. The van der Waals surface area contributed by atoms with Crippen LogP contribution in [-0.4, -0.2) is 26.9 Å². The Labute approximate surface area is 135 Å². The van der Waals surface area contributed by atoms with Crippen LogP contribution >= 0.6 is 0 Å². The summed E-state index contributed by atoms with van der Waals surface area (Å²) in [6.07, 6.45) is 2.50. The monoisotopic (exact) mass is 305 g/mol. The van der Waals surface area contributed by atoms with Crippen LogP contribution in [0.4, 0.5) is 0 Å². The zero-order valence-electron chi connectivity index (χ0n) is 13.2. The van der Waals surface area contributed by atoms with Gasteiger partial charge in [0.05, 0.1) is 18.7 Å². The molecule has 0 fully saturated rings. The van der Waals surface area contributed by atoms with E-state index in [0.29, 0.717) is 13.0 Å². The van der Waals surface area contributed by atoms with Gasteiger partial charge in [0, 0.05) is 19.3 Å². The molecule has 0 unspecified atom stereocenters. The summed E-state index contributed by atoms with van der Waals surface area (Å²) < 4.78 is 2.15. The van der Waals surface area contributed by atoms with Crippen LogP contribution in [0.2, 0.25) is 0 Å². The second-order valence-electron chi connectivity index (χ2n) is 6.17. The van der Waals surface area contributed by atoms with Crippen molar-refractivity contribution in [3.8, 4) is 0 Å². The number of benzene rings is 2. The van der Waals surface area contributed by atoms with Gasteiger partial charge in [0.1, 0.15) is 5.82 Å². The minimum absolute atomic E-state index is 0.173. The molecule has 2 heterocycles. The van der Waals surface area contributed by atoms with Gasteiger partial charge in [-0.1, -0.05) is 42.5 Å². The zero-order chi connectivity index (χ0) is 15.8. The molecule has 4 heteroatoms. The molecule has 4 nitrogen and oxygen atoms in total. The molecule has 3 aromatic rings. The summed E-state index contributed by atoms with van der Waals surface area (Å²) >= 11 is 0. The minimum Gasteiger partial charge on any atom is -0.333 e. The fraction of sp³-hybridized carbons (Fsp3) is 0.263. The molecule has 0 saturated carbocycles. The first-order chi connectivity index (χ1) is 11.2. The lowest BCUT2D eigenvalue weighted by atomic mass is 10.0. The maximum Gasteiger partial charge on any atom is 0.227 e. The van der Waals surface area contributed by atoms with Crippen LogP contribution in [-0.2, 0) is 24.3 Å². The van der Waals surface area contributed by atoms with Crippen LogP contribution in [0, 0.1) is 6.92 Å². The number of amides is 1. The number of carbonyl (C=O) groups is 1. The number of rotatable bonds is 2. The maximum absolute atomic E-state index is 12.6. The second-order valence-corrected chi connectivity index (χ2v) is 6.17. The molecular formula is C19H19N3O. The van der Waals surface area contributed by atoms with Gasteiger partial charge in [0.2, 0.25) is 5.91 Å². The van der Waals surface area contributed by atoms with Crippen LogP contribution in [0.25, 0.3) is 10.8 Å². The number of nitrogens with zero attached hydrogens (tertiary/aromatic N) is 3. The molecular weight excluding hydrogens is 286 g/mol. The quantitative estimate of drug-likeness (QED) is 0.730. The van der Waals surface area contributed by atoms with Gasteiger partial charge in [-0.3, -0.25) is 4.79 Å². The molecule has 0 saturated heterocycles. The van der Waals surface area contributed by atoms with Crippen molar-refractivity contribution in [2.75, 3.05) is 6.54 Å². The van der Waals surface area contributed by atoms with E-state index in [1.165, 1.54) is 10.8 Å². The van der Waals surface area contributed by atoms with E-state index in [4.69, 9.17) is 0 Å². The summed E-state index contributed by atoms with van der Waals surface area (Å²) in [7, 11) is 0. The maximum atomic E-state index is 12.6. The Kier molecular flexibility index (Phi) is 3.37. The van der Waals surface area contributed by atoms with Crippen LogP contribution in [0.1, 0.15) is 17.1 Å². The third-order valence-electron chi connectivity index (χ3n) is 4.44. The molecule has 23 heavy (non-hydrogen) atoms. The highest BCUT2D eigenvalue weighted by molar-refractivity contribution is 5.85. The number of aromatic nitrogens is 2. The first kappa shape index (κ1) is 14.0. The van der Waals surface area contributed by atoms with Crippen LogP contribution < -0.4 is 0 Å². The summed E-state index contributed by atoms with van der Waals surface area (Å²) in [6, 6.07) is 14.5. The molecule has 1 aliphatic rings. The third kappa shape index (κ3) is 2.72. The average molecular weight is 305 g/mol. The van der Waals surface area contributed by atoms with Gasteiger partial charge < -0.3 is 9.47 Å². The van der Waals surface area contributed by atoms with Crippen molar-refractivity contribution < 1.29 is 4.79 Å². The van der Waals surface area contributed by atoms with Crippen molar-refractivity contribution in [3.63, 3.8) is 0 Å². The van der Waals surface area contributed by atoms with Crippen molar-refractivity contribution in [2.45, 2.75) is 26.4 Å². The van der Waals surface area contributed by atoms with Gasteiger partial charge in [-0.2, -0.15) is 0 Å². The van der Waals surface area contributed by atoms with Gasteiger partial charge >= 0.3 is 0 Å². The van der Waals surface area contributed by atoms with Crippen molar-refractivity contribution in [3.05, 3.63) is 65.7 Å². The Balaban J connectivity index is 1.51. The van der Waals surface area contributed by atoms with Crippen LogP contribution in [0.3, 0.4) is 0 Å². The van der Waals surface area contributed by atoms with E-state index in [9.17, 15) is 4.79 Å². The van der Waals surface area contributed by atoms with E-state index >= 15 is 0 Å². The van der Waals surface area contributed by atoms with Gasteiger partial charge in [-0.15, -0.1) is 0 Å². The van der Waals surface area contributed by atoms with E-state index in [1.54, 1.807) is 0 Å². The lowest BCUT2D eigenvalue weighted by molar-refractivity contribution is -0.132. The Morgan fingerprint density at radius 1 is 1.13 bits per heavy atom. The van der Waals surface area contributed by atoms with E-state index in [0.717, 1.165) is 30.2 Å². The molecule has 116 valence electrons. The number of aryl methyl sites for hydroxylation is 1. The predicted molar refractivity (Wildman–Crippen MR) is 90.0 cm³/mol. The minimum atomic E-state index is 0.173. The Morgan fingerprint density at radius 3 is 2.83 bits per heavy atom. The van der Waals surface area contributed by atoms with E-state index < -0.39 is 0 Å². The summed E-state index contributed by atoms with van der Waals surface area (Å²) in [5.74, 6) is 1.16. The molecule has 0 N–H and O–H groups in total. The number of hydrogen-bond donors (Lipinski definition) is 0. The van der Waals surface area contributed by atoms with E-state index in [2.05, 4.69) is 46.1 Å². The van der Waals surface area contributed by atoms with Gasteiger partial charge in [0.15, 0.2) is 0 Å². The summed E-state index contributed by atoms with van der Waals surface area (Å²) in [5.41, 5.74) is 2.09. The SMILES string of the molecule is Cc1cn2c(n1)CN(C(=O)Cc1ccc3ccccc3c1)CC2. The molecule has 1 aliphatic heterocycles. The van der Waals surface area contributed by atoms with Crippen molar-refractivity contribution in [1.29, 1.82) is 0 Å². The largest absolute Gasteiger partial charge is 0.333 e. The molecule has 1 amide bonds. The van der Waals surface area contributed by atoms with Crippen molar-refractivity contribution >= 4 is 16.7 Å². The highest BCUT2D eigenvalue weighted by Gasteiger charge is 2.21. The lowest BCUT2D eigenvalue weighted by Crippen LogP contribution is -2.39. The molecule has 0 atom stereocenters. The van der Waals surface area contributed by atoms with Crippen LogP contribution in [0.15, 0.2) is 48.7 Å². The third-order valence-corrected chi connectivity index (χ3v) is 4.44. The first-order valence-electron chi connectivity index (χ1n) is 7.97. The summed E-state index contributed by atoms with van der Waals surface area (Å²) in [6.45, 7) is 4.20. The van der Waals surface area contributed by atoms with Crippen molar-refractivity contribution in [1.82, 2.24) is 14.5 Å². The van der Waals surface area contributed by atoms with E-state index in [-0.39, 0.29) is 5.91 Å². The van der Waals surface area contributed by atoms with E-state index in [1.807, 2.05) is 24.0 Å². The Hall–Kier alpha value is -2.62. The molecule has 0 radical (unpaired) electrons. The topological polar surface area (TPSA) is 38.1 Å². The molecule has 0 aliphatic carbocycles. The first-order valence-corrected chi connectivity index (χ1v) is 7.97. The molecule has 0 bridgehead atoms. The smallest absolute Gasteiger partial charge is 0.227 e. The molecule has 4 rings (SSSR count). The van der Waals surface area contributed by atoms with Gasteiger partial charge in [-0.05, 0) is 23.3 Å². The number of imidazole rings is 1. The molecule has 1 aromatic heterocycles. The standard InChI is InChI=1S/C19H19N3O/c1-14-12-21-8-9-22(13-18(21)20-14)19(23)11-15-6-7-16-4-2-3-5-17(16)10-15/h2-7,10,12H,8-9,11,13H2,1H3. The molecule has 2 aromatic carbocycles. The zero-order valence-corrected chi connectivity index (χ0v) is 13.2. The predicted octanol–water partition coefficient (Wildman–Crippen LogP) is 2.93. The summed E-state index contributed by atoms with van der Waals surface area (Å²) in [4.78, 5) is 19.0. The number of hydrogen-bond acceptors (Lipinski definition) is 2. The van der Waals surface area contributed by atoms with Gasteiger partial charge in [-0.25, -0.2) is 4.98 Å². The average Bonchev–Trinajstić information content (AvgIpc) is 2.93. The van der Waals surface area contributed by atoms with Crippen molar-refractivity contribution in [2.24, 2.45) is 0 Å².